The third kappa shape index (κ3) is 9.73. The van der Waals surface area contributed by atoms with Crippen LogP contribution in [0.5, 0.6) is 17.2 Å². The lowest BCUT2D eigenvalue weighted by atomic mass is 9.80. The van der Waals surface area contributed by atoms with Gasteiger partial charge in [0.25, 0.3) is 0 Å². The fourth-order valence-corrected chi connectivity index (χ4v) is 7.03. The molecular formula is C42H51N3O5. The van der Waals surface area contributed by atoms with Gasteiger partial charge in [0.05, 0.1) is 12.8 Å². The topological polar surface area (TPSA) is 152 Å². The third-order valence-electron chi connectivity index (χ3n) is 10.1. The molecule has 0 radical (unpaired) electrons. The van der Waals surface area contributed by atoms with Crippen molar-refractivity contribution in [1.82, 2.24) is 4.98 Å². The number of phenols is 2. The minimum absolute atomic E-state index is 0.0365. The molecule has 50 heavy (non-hydrogen) atoms. The van der Waals surface area contributed by atoms with Crippen LogP contribution in [0.2, 0.25) is 0 Å². The molecule has 1 unspecified atom stereocenters. The summed E-state index contributed by atoms with van der Waals surface area (Å²) < 4.78 is 6.03. The molecule has 0 saturated heterocycles. The molecule has 7 N–H and O–H groups in total. The highest BCUT2D eigenvalue weighted by molar-refractivity contribution is 5.96. The molecule has 1 aromatic heterocycles. The Labute approximate surface area is 295 Å². The number of allylic oxidation sites excluding steroid dienone is 2. The smallest absolute Gasteiger partial charge is 0.165 e. The number of nitrogens with one attached hydrogen (secondary N) is 1. The van der Waals surface area contributed by atoms with Gasteiger partial charge in [-0.3, -0.25) is 9.59 Å². The lowest BCUT2D eigenvalue weighted by Gasteiger charge is -2.24. The van der Waals surface area contributed by atoms with E-state index in [9.17, 15) is 19.8 Å². The van der Waals surface area contributed by atoms with Gasteiger partial charge in [-0.05, 0) is 83.7 Å². The number of aromatic nitrogens is 1. The van der Waals surface area contributed by atoms with Gasteiger partial charge >= 0.3 is 0 Å². The number of aryl methyl sites for hydroxylation is 1. The summed E-state index contributed by atoms with van der Waals surface area (Å²) in [4.78, 5) is 29.0. The molecule has 0 spiro atoms. The summed E-state index contributed by atoms with van der Waals surface area (Å²) in [6, 6.07) is 19.8. The first-order valence-corrected chi connectivity index (χ1v) is 17.9. The number of phenolic OH excluding ortho intramolecular Hbond substituents is 2. The molecule has 1 fully saturated rings. The average Bonchev–Trinajstić information content (AvgIpc) is 3.84. The molecule has 1 aliphatic carbocycles. The Hall–Kier alpha value is -4.66. The van der Waals surface area contributed by atoms with E-state index in [4.69, 9.17) is 16.2 Å². The van der Waals surface area contributed by atoms with Crippen LogP contribution in [0.15, 0.2) is 91.3 Å². The van der Waals surface area contributed by atoms with Gasteiger partial charge in [0.15, 0.2) is 23.1 Å². The number of ketones is 2. The number of unbranched alkanes of at least 4 members (excludes halogenated alkanes) is 1. The molecule has 264 valence electrons. The molecule has 1 aliphatic rings. The summed E-state index contributed by atoms with van der Waals surface area (Å²) in [5.74, 6) is 0.145. The maximum absolute atomic E-state index is 13.2. The molecule has 4 aromatic rings. The van der Waals surface area contributed by atoms with Crippen LogP contribution in [0.1, 0.15) is 115 Å². The number of Topliss-reactive ketones (excluding diaryl/α,β-unsaturated/α-hetero) is 1. The largest absolute Gasteiger partial charge is 0.508 e. The van der Waals surface area contributed by atoms with E-state index in [-0.39, 0.29) is 41.5 Å². The van der Waals surface area contributed by atoms with Gasteiger partial charge in [0.1, 0.15) is 5.75 Å². The number of carbonyl (C=O) groups excluding carboxylic acids is 2. The van der Waals surface area contributed by atoms with Crippen LogP contribution in [0, 0.1) is 5.41 Å². The third-order valence-corrected chi connectivity index (χ3v) is 10.1. The van der Waals surface area contributed by atoms with E-state index in [1.54, 1.807) is 42.7 Å². The second-order valence-electron chi connectivity index (χ2n) is 13.7. The van der Waals surface area contributed by atoms with Crippen LogP contribution >= 0.6 is 0 Å². The number of rotatable bonds is 18. The molecule has 0 bridgehead atoms. The van der Waals surface area contributed by atoms with Crippen molar-refractivity contribution in [2.75, 3.05) is 6.61 Å². The molecule has 3 aromatic carbocycles. The number of nitrogens with two attached hydrogens (primary N) is 2. The predicted octanol–water partition coefficient (Wildman–Crippen LogP) is 8.18. The zero-order valence-electron chi connectivity index (χ0n) is 29.1. The van der Waals surface area contributed by atoms with Gasteiger partial charge in [0, 0.05) is 48.7 Å². The Morgan fingerprint density at radius 3 is 2.30 bits per heavy atom. The molecule has 5 rings (SSSR count). The van der Waals surface area contributed by atoms with Crippen LogP contribution < -0.4 is 16.2 Å². The molecule has 8 nitrogen and oxygen atoms in total. The summed E-state index contributed by atoms with van der Waals surface area (Å²) in [6.07, 6.45) is 16.7. The summed E-state index contributed by atoms with van der Waals surface area (Å²) in [6.45, 7) is 2.49. The monoisotopic (exact) mass is 677 g/mol. The second kappa shape index (κ2) is 17.3. The first-order chi connectivity index (χ1) is 24.2. The Bertz CT molecular complexity index is 1740. The molecule has 8 heteroatoms. The molecule has 1 saturated carbocycles. The minimum atomic E-state index is -0.616. The van der Waals surface area contributed by atoms with E-state index < -0.39 is 12.1 Å². The highest BCUT2D eigenvalue weighted by atomic mass is 16.5. The van der Waals surface area contributed by atoms with Crippen LogP contribution in [0.3, 0.4) is 0 Å². The van der Waals surface area contributed by atoms with Crippen molar-refractivity contribution < 1.29 is 24.5 Å². The Morgan fingerprint density at radius 1 is 0.920 bits per heavy atom. The fourth-order valence-electron chi connectivity index (χ4n) is 7.03. The normalized spacial score (nSPS) is 14.7. The van der Waals surface area contributed by atoms with Gasteiger partial charge < -0.3 is 31.4 Å². The zero-order valence-corrected chi connectivity index (χ0v) is 29.1. The number of hydrogen-bond donors (Lipinski definition) is 5. The SMILES string of the molecule is CCCCC1(C=CC(=O)CCc2ccc(O)c(OCCc3ccc(O)c(C(CC(=O)c4cc[nH]c4)c4ccc(C(N)N)cc4)c3)c2)CCCC1. The Morgan fingerprint density at radius 2 is 1.62 bits per heavy atom. The van der Waals surface area contributed by atoms with E-state index in [2.05, 4.69) is 18.0 Å². The van der Waals surface area contributed by atoms with E-state index >= 15 is 0 Å². The van der Waals surface area contributed by atoms with Crippen LogP contribution in [-0.2, 0) is 17.6 Å². The van der Waals surface area contributed by atoms with E-state index in [0.717, 1.165) is 28.7 Å². The quantitative estimate of drug-likeness (QED) is 0.0405. The first-order valence-electron chi connectivity index (χ1n) is 17.9. The zero-order chi connectivity index (χ0) is 35.5. The number of benzene rings is 3. The van der Waals surface area contributed by atoms with Crippen LogP contribution in [0.25, 0.3) is 0 Å². The van der Waals surface area contributed by atoms with Crippen molar-refractivity contribution >= 4 is 11.6 Å². The lowest BCUT2D eigenvalue weighted by molar-refractivity contribution is -0.114. The van der Waals surface area contributed by atoms with Gasteiger partial charge in [0.2, 0.25) is 0 Å². The van der Waals surface area contributed by atoms with E-state index in [0.29, 0.717) is 36.1 Å². The second-order valence-corrected chi connectivity index (χ2v) is 13.7. The maximum atomic E-state index is 13.2. The van der Waals surface area contributed by atoms with Crippen molar-refractivity contribution in [2.24, 2.45) is 16.9 Å². The highest BCUT2D eigenvalue weighted by Crippen LogP contribution is 2.43. The maximum Gasteiger partial charge on any atom is 0.165 e. The standard InChI is InChI=1S/C42H51N3O5/c1-2-3-19-42(20-4-5-21-42)22-16-34(46)13-6-29-8-15-38(48)40(26-29)50-24-18-30-7-14-37(47)36(25-30)35(27-39(49)33-17-23-45-28-33)31-9-11-32(12-10-31)41(43)44/h7-12,14-17,22-23,25-26,28,35,41,45,47-48H,2-6,13,18-21,24,27,43-44H2,1H3. The van der Waals surface area contributed by atoms with Crippen molar-refractivity contribution in [3.05, 3.63) is 125 Å². The summed E-state index contributed by atoms with van der Waals surface area (Å²) in [7, 11) is 0. The van der Waals surface area contributed by atoms with Crippen molar-refractivity contribution in [3.8, 4) is 17.2 Å². The Balaban J connectivity index is 1.23. The number of hydrogen-bond acceptors (Lipinski definition) is 7. The molecule has 0 aliphatic heterocycles. The lowest BCUT2D eigenvalue weighted by Crippen LogP contribution is -2.20. The summed E-state index contributed by atoms with van der Waals surface area (Å²) in [5, 5.41) is 21.5. The van der Waals surface area contributed by atoms with Crippen molar-refractivity contribution in [3.63, 3.8) is 0 Å². The minimum Gasteiger partial charge on any atom is -0.508 e. The molecule has 0 amide bonds. The molecule has 1 heterocycles. The first kappa shape index (κ1) is 36.6. The van der Waals surface area contributed by atoms with Gasteiger partial charge in [-0.15, -0.1) is 0 Å². The number of aromatic hydroxyl groups is 2. The number of carbonyl (C=O) groups is 2. The average molecular weight is 678 g/mol. The molecular weight excluding hydrogens is 626 g/mol. The van der Waals surface area contributed by atoms with Crippen molar-refractivity contribution in [2.45, 2.75) is 89.6 Å². The Kier molecular flexibility index (Phi) is 12.7. The molecule has 1 atom stereocenters. The fraction of sp³-hybridized carbons (Fsp3) is 0.381. The van der Waals surface area contributed by atoms with Gasteiger partial charge in [-0.25, -0.2) is 0 Å². The van der Waals surface area contributed by atoms with Gasteiger partial charge in [-0.1, -0.05) is 81.1 Å². The number of ether oxygens (including phenoxy) is 1. The van der Waals surface area contributed by atoms with Crippen molar-refractivity contribution in [1.29, 1.82) is 0 Å². The number of H-pyrrole nitrogens is 1. The van der Waals surface area contributed by atoms with Crippen LogP contribution in [0.4, 0.5) is 0 Å². The van der Waals surface area contributed by atoms with Crippen LogP contribution in [-0.4, -0.2) is 33.4 Å². The summed E-state index contributed by atoms with van der Waals surface area (Å²) >= 11 is 0. The predicted molar refractivity (Wildman–Crippen MR) is 197 cm³/mol. The van der Waals surface area contributed by atoms with Gasteiger partial charge in [-0.2, -0.15) is 0 Å². The highest BCUT2D eigenvalue weighted by Gasteiger charge is 2.30. The number of aromatic amines is 1. The summed E-state index contributed by atoms with van der Waals surface area (Å²) in [5.41, 5.74) is 16.6. The van der Waals surface area contributed by atoms with E-state index in [1.165, 1.54) is 38.5 Å². The van der Waals surface area contributed by atoms with E-state index in [1.807, 2.05) is 42.5 Å².